The topological polar surface area (TPSA) is 65.5 Å². The van der Waals surface area contributed by atoms with Gasteiger partial charge < -0.3 is 15.1 Å². The SMILES string of the molecule is CNC(=O)CN1c2ccccc2C(=O)N(C)[C@@H]1c1ccccn1. The molecule has 0 bridgehead atoms. The number of likely N-dealkylation sites (N-methyl/N-ethyl adjacent to an activating group) is 1. The zero-order valence-electron chi connectivity index (χ0n) is 13.1. The molecule has 0 spiro atoms. The molecule has 23 heavy (non-hydrogen) atoms. The van der Waals surface area contributed by atoms with Gasteiger partial charge in [0.25, 0.3) is 5.91 Å². The molecule has 1 N–H and O–H groups in total. The second-order valence-corrected chi connectivity index (χ2v) is 5.36. The van der Waals surface area contributed by atoms with E-state index in [0.29, 0.717) is 5.56 Å². The number of pyridine rings is 1. The minimum absolute atomic E-state index is 0.0793. The van der Waals surface area contributed by atoms with Crippen LogP contribution in [0.2, 0.25) is 0 Å². The van der Waals surface area contributed by atoms with Crippen molar-refractivity contribution in [3.05, 3.63) is 59.9 Å². The van der Waals surface area contributed by atoms with E-state index in [2.05, 4.69) is 10.3 Å². The molecule has 6 heteroatoms. The summed E-state index contributed by atoms with van der Waals surface area (Å²) in [5, 5.41) is 2.64. The van der Waals surface area contributed by atoms with Crippen molar-refractivity contribution in [2.45, 2.75) is 6.17 Å². The Morgan fingerprint density at radius 1 is 1.22 bits per heavy atom. The van der Waals surface area contributed by atoms with Crippen molar-refractivity contribution >= 4 is 17.5 Å². The summed E-state index contributed by atoms with van der Waals surface area (Å²) in [7, 11) is 3.33. The summed E-state index contributed by atoms with van der Waals surface area (Å²) in [6, 6.07) is 12.9. The van der Waals surface area contributed by atoms with Crippen LogP contribution in [0.4, 0.5) is 5.69 Å². The Balaban J connectivity index is 2.12. The molecule has 118 valence electrons. The molecular formula is C17H18N4O2. The monoisotopic (exact) mass is 310 g/mol. The summed E-state index contributed by atoms with van der Waals surface area (Å²) in [5.41, 5.74) is 2.06. The molecule has 1 aromatic carbocycles. The molecule has 1 aliphatic rings. The predicted octanol–water partition coefficient (Wildman–Crippen LogP) is 1.42. The molecule has 0 unspecified atom stereocenters. The van der Waals surface area contributed by atoms with Crippen molar-refractivity contribution in [1.29, 1.82) is 0 Å². The van der Waals surface area contributed by atoms with Crippen LogP contribution in [0, 0.1) is 0 Å². The molecule has 2 heterocycles. The molecule has 0 fully saturated rings. The lowest BCUT2D eigenvalue weighted by molar-refractivity contribution is -0.119. The molecule has 0 aliphatic carbocycles. The van der Waals surface area contributed by atoms with Gasteiger partial charge in [-0.2, -0.15) is 0 Å². The van der Waals surface area contributed by atoms with Gasteiger partial charge in [0.15, 0.2) is 0 Å². The number of fused-ring (bicyclic) bond motifs is 1. The second kappa shape index (κ2) is 6.08. The van der Waals surface area contributed by atoms with Gasteiger partial charge in [0.1, 0.15) is 6.17 Å². The van der Waals surface area contributed by atoms with E-state index in [1.165, 1.54) is 0 Å². The maximum absolute atomic E-state index is 12.7. The van der Waals surface area contributed by atoms with Crippen LogP contribution in [0.25, 0.3) is 0 Å². The molecule has 6 nitrogen and oxygen atoms in total. The highest BCUT2D eigenvalue weighted by Crippen LogP contribution is 2.36. The molecule has 0 saturated heterocycles. The van der Waals surface area contributed by atoms with Gasteiger partial charge in [-0.25, -0.2) is 0 Å². The van der Waals surface area contributed by atoms with Crippen LogP contribution in [0.3, 0.4) is 0 Å². The van der Waals surface area contributed by atoms with E-state index in [0.717, 1.165) is 11.4 Å². The molecule has 1 aromatic heterocycles. The standard InChI is InChI=1S/C17H18N4O2/c1-18-15(22)11-21-14-9-4-3-7-12(14)17(23)20(2)16(21)13-8-5-6-10-19-13/h3-10,16H,11H2,1-2H3,(H,18,22)/t16-/m0/s1. The van der Waals surface area contributed by atoms with Crippen molar-refractivity contribution < 1.29 is 9.59 Å². The Morgan fingerprint density at radius 2 is 1.96 bits per heavy atom. The number of nitrogens with zero attached hydrogens (tertiary/aromatic N) is 3. The van der Waals surface area contributed by atoms with Gasteiger partial charge in [-0.1, -0.05) is 18.2 Å². The fourth-order valence-corrected chi connectivity index (χ4v) is 2.84. The van der Waals surface area contributed by atoms with Crippen LogP contribution in [0.5, 0.6) is 0 Å². The lowest BCUT2D eigenvalue weighted by Gasteiger charge is -2.43. The first-order valence-electron chi connectivity index (χ1n) is 7.38. The molecular weight excluding hydrogens is 292 g/mol. The highest BCUT2D eigenvalue weighted by atomic mass is 16.2. The average Bonchev–Trinajstić information content (AvgIpc) is 2.60. The molecule has 2 amide bonds. The van der Waals surface area contributed by atoms with E-state index in [-0.39, 0.29) is 18.4 Å². The van der Waals surface area contributed by atoms with Gasteiger partial charge in [0.2, 0.25) is 5.91 Å². The molecule has 1 aliphatic heterocycles. The quantitative estimate of drug-likeness (QED) is 0.931. The van der Waals surface area contributed by atoms with Gasteiger partial charge in [-0.15, -0.1) is 0 Å². The first-order valence-corrected chi connectivity index (χ1v) is 7.38. The van der Waals surface area contributed by atoms with E-state index in [1.54, 1.807) is 31.3 Å². The highest BCUT2D eigenvalue weighted by molar-refractivity contribution is 6.02. The summed E-state index contributed by atoms with van der Waals surface area (Å²) >= 11 is 0. The zero-order valence-corrected chi connectivity index (χ0v) is 13.1. The Morgan fingerprint density at radius 3 is 2.65 bits per heavy atom. The first kappa shape index (κ1) is 15.0. The van der Waals surface area contributed by atoms with Crippen LogP contribution in [-0.2, 0) is 4.79 Å². The number of para-hydroxylation sites is 1. The lowest BCUT2D eigenvalue weighted by Crippen LogP contribution is -2.50. The number of hydrogen-bond donors (Lipinski definition) is 1. The Kier molecular flexibility index (Phi) is 3.97. The van der Waals surface area contributed by atoms with Crippen LogP contribution in [0.1, 0.15) is 22.2 Å². The molecule has 3 rings (SSSR count). The van der Waals surface area contributed by atoms with Crippen molar-refractivity contribution in [3.63, 3.8) is 0 Å². The number of carbonyl (C=O) groups is 2. The fourth-order valence-electron chi connectivity index (χ4n) is 2.84. The van der Waals surface area contributed by atoms with Gasteiger partial charge >= 0.3 is 0 Å². The van der Waals surface area contributed by atoms with Gasteiger partial charge in [-0.3, -0.25) is 14.6 Å². The van der Waals surface area contributed by atoms with Crippen molar-refractivity contribution in [2.75, 3.05) is 25.5 Å². The van der Waals surface area contributed by atoms with Crippen LogP contribution in [-0.4, -0.2) is 42.3 Å². The molecule has 1 atom stereocenters. The first-order chi connectivity index (χ1) is 11.1. The van der Waals surface area contributed by atoms with E-state index in [4.69, 9.17) is 0 Å². The number of anilines is 1. The number of hydrogen-bond acceptors (Lipinski definition) is 4. The van der Waals surface area contributed by atoms with E-state index < -0.39 is 6.17 Å². The summed E-state index contributed by atoms with van der Waals surface area (Å²) < 4.78 is 0. The number of rotatable bonds is 3. The zero-order chi connectivity index (χ0) is 16.4. The maximum Gasteiger partial charge on any atom is 0.257 e. The van der Waals surface area contributed by atoms with E-state index >= 15 is 0 Å². The summed E-state index contributed by atoms with van der Waals surface area (Å²) in [5.74, 6) is -0.201. The van der Waals surface area contributed by atoms with E-state index in [9.17, 15) is 9.59 Å². The molecule has 0 radical (unpaired) electrons. The number of benzene rings is 1. The van der Waals surface area contributed by atoms with Crippen LogP contribution in [0.15, 0.2) is 48.7 Å². The number of nitrogens with one attached hydrogen (secondary N) is 1. The van der Waals surface area contributed by atoms with Gasteiger partial charge in [0.05, 0.1) is 23.5 Å². The Labute approximate surface area is 134 Å². The normalized spacial score (nSPS) is 17.0. The third-order valence-corrected chi connectivity index (χ3v) is 3.97. The minimum atomic E-state index is -0.420. The third-order valence-electron chi connectivity index (χ3n) is 3.97. The third kappa shape index (κ3) is 2.63. The highest BCUT2D eigenvalue weighted by Gasteiger charge is 2.37. The largest absolute Gasteiger partial charge is 0.358 e. The summed E-state index contributed by atoms with van der Waals surface area (Å²) in [4.78, 5) is 32.5. The summed E-state index contributed by atoms with van der Waals surface area (Å²) in [6.45, 7) is 0.145. The van der Waals surface area contributed by atoms with Crippen molar-refractivity contribution in [3.8, 4) is 0 Å². The number of aromatic nitrogens is 1. The number of carbonyl (C=O) groups excluding carboxylic acids is 2. The molecule has 2 aromatic rings. The maximum atomic E-state index is 12.7. The average molecular weight is 310 g/mol. The second-order valence-electron chi connectivity index (χ2n) is 5.36. The lowest BCUT2D eigenvalue weighted by atomic mass is 10.0. The van der Waals surface area contributed by atoms with Gasteiger partial charge in [0, 0.05) is 20.3 Å². The minimum Gasteiger partial charge on any atom is -0.358 e. The Hall–Kier alpha value is -2.89. The number of amides is 2. The van der Waals surface area contributed by atoms with Crippen LogP contribution < -0.4 is 10.2 Å². The summed E-state index contributed by atoms with van der Waals surface area (Å²) in [6.07, 6.45) is 1.27. The van der Waals surface area contributed by atoms with Crippen molar-refractivity contribution in [2.24, 2.45) is 0 Å². The van der Waals surface area contributed by atoms with Crippen molar-refractivity contribution in [1.82, 2.24) is 15.2 Å². The Bertz CT molecular complexity index is 732. The van der Waals surface area contributed by atoms with Crippen LogP contribution >= 0.6 is 0 Å². The smallest absolute Gasteiger partial charge is 0.257 e. The van der Waals surface area contributed by atoms with Gasteiger partial charge in [-0.05, 0) is 24.3 Å². The van der Waals surface area contributed by atoms with E-state index in [1.807, 2.05) is 41.3 Å². The molecule has 0 saturated carbocycles. The fraction of sp³-hybridized carbons (Fsp3) is 0.235. The predicted molar refractivity (Wildman–Crippen MR) is 86.9 cm³/mol.